The molecule has 23 heavy (non-hydrogen) atoms. The maximum Gasteiger partial charge on any atom is 0.416 e. The number of fused-ring (bicyclic) bond motifs is 1. The standard InChI is InChI=1S/C17H17F3NOP/c1-12(2)23(22)16-9-4-3-6-13(16)11-21(23)15-8-5-7-14(10-15)17(18,19)20/h3-10,12H,11H2,1-2H3. The highest BCUT2D eigenvalue weighted by molar-refractivity contribution is 7.74. The molecule has 3 rings (SSSR count). The van der Waals surface area contributed by atoms with E-state index >= 15 is 0 Å². The third kappa shape index (κ3) is 2.57. The highest BCUT2D eigenvalue weighted by Gasteiger charge is 2.43. The molecule has 0 fully saturated rings. The summed E-state index contributed by atoms with van der Waals surface area (Å²) in [7, 11) is -2.97. The maximum atomic E-state index is 13.7. The van der Waals surface area contributed by atoms with Gasteiger partial charge in [-0.2, -0.15) is 13.2 Å². The van der Waals surface area contributed by atoms with Crippen molar-refractivity contribution in [3.63, 3.8) is 0 Å². The van der Waals surface area contributed by atoms with Gasteiger partial charge < -0.3 is 4.67 Å². The molecule has 0 spiro atoms. The highest BCUT2D eigenvalue weighted by atomic mass is 31.2. The molecule has 1 aliphatic heterocycles. The predicted octanol–water partition coefficient (Wildman–Crippen LogP) is 5.04. The van der Waals surface area contributed by atoms with E-state index < -0.39 is 19.0 Å². The number of halogens is 3. The Hall–Kier alpha value is -1.74. The summed E-state index contributed by atoms with van der Waals surface area (Å²) in [6, 6.07) is 12.5. The average Bonchev–Trinajstić information content (AvgIpc) is 2.82. The van der Waals surface area contributed by atoms with Crippen molar-refractivity contribution < 1.29 is 17.7 Å². The molecule has 6 heteroatoms. The summed E-state index contributed by atoms with van der Waals surface area (Å²) in [5.41, 5.74) is 0.372. The Morgan fingerprint density at radius 3 is 2.43 bits per heavy atom. The molecule has 0 aliphatic carbocycles. The van der Waals surface area contributed by atoms with Crippen molar-refractivity contribution in [2.45, 2.75) is 32.2 Å². The normalized spacial score (nSPS) is 20.9. The fourth-order valence-electron chi connectivity index (χ4n) is 3.02. The molecule has 0 aromatic heterocycles. The molecule has 1 unspecified atom stereocenters. The number of nitrogens with zero attached hydrogens (tertiary/aromatic N) is 1. The van der Waals surface area contributed by atoms with Crippen LogP contribution in [0.5, 0.6) is 0 Å². The van der Waals surface area contributed by atoms with Crippen molar-refractivity contribution in [3.05, 3.63) is 59.7 Å². The van der Waals surface area contributed by atoms with Crippen LogP contribution in [0.1, 0.15) is 25.0 Å². The molecular weight excluding hydrogens is 322 g/mol. The van der Waals surface area contributed by atoms with E-state index in [2.05, 4.69) is 0 Å². The van der Waals surface area contributed by atoms with Gasteiger partial charge in [-0.15, -0.1) is 0 Å². The van der Waals surface area contributed by atoms with Gasteiger partial charge in [0.05, 0.1) is 12.1 Å². The fraction of sp³-hybridized carbons (Fsp3) is 0.294. The third-order valence-electron chi connectivity index (χ3n) is 4.19. The molecule has 1 atom stereocenters. The van der Waals surface area contributed by atoms with Gasteiger partial charge in [0.25, 0.3) is 0 Å². The lowest BCUT2D eigenvalue weighted by Gasteiger charge is -2.30. The molecular formula is C17H17F3NOP. The van der Waals surface area contributed by atoms with E-state index in [1.807, 2.05) is 38.1 Å². The lowest BCUT2D eigenvalue weighted by molar-refractivity contribution is -0.137. The van der Waals surface area contributed by atoms with Crippen molar-refractivity contribution in [2.75, 3.05) is 4.67 Å². The predicted molar refractivity (Wildman–Crippen MR) is 86.4 cm³/mol. The van der Waals surface area contributed by atoms with Gasteiger partial charge in [0, 0.05) is 16.7 Å². The Morgan fingerprint density at radius 1 is 1.09 bits per heavy atom. The molecule has 0 amide bonds. The van der Waals surface area contributed by atoms with E-state index in [1.165, 1.54) is 6.07 Å². The van der Waals surface area contributed by atoms with Crippen molar-refractivity contribution in [1.29, 1.82) is 0 Å². The minimum absolute atomic E-state index is 0.180. The Morgan fingerprint density at radius 2 is 1.78 bits per heavy atom. The summed E-state index contributed by atoms with van der Waals surface area (Å²) >= 11 is 0. The van der Waals surface area contributed by atoms with Gasteiger partial charge in [-0.05, 0) is 29.8 Å². The zero-order chi connectivity index (χ0) is 16.8. The van der Waals surface area contributed by atoms with Crippen LogP contribution in [0.4, 0.5) is 18.9 Å². The van der Waals surface area contributed by atoms with Gasteiger partial charge in [0.15, 0.2) is 0 Å². The first kappa shape index (κ1) is 16.1. The number of alkyl halides is 3. The smallest absolute Gasteiger partial charge is 0.314 e. The molecule has 2 nitrogen and oxygen atoms in total. The van der Waals surface area contributed by atoms with Gasteiger partial charge in [-0.3, -0.25) is 4.57 Å². The van der Waals surface area contributed by atoms with E-state index in [-0.39, 0.29) is 5.66 Å². The van der Waals surface area contributed by atoms with Crippen LogP contribution in [-0.2, 0) is 17.3 Å². The van der Waals surface area contributed by atoms with Gasteiger partial charge >= 0.3 is 6.18 Å². The van der Waals surface area contributed by atoms with Crippen molar-refractivity contribution in [3.8, 4) is 0 Å². The molecule has 2 aromatic carbocycles. The first-order valence-corrected chi connectivity index (χ1v) is 9.11. The number of anilines is 1. The molecule has 0 radical (unpaired) electrons. The zero-order valence-corrected chi connectivity index (χ0v) is 13.7. The van der Waals surface area contributed by atoms with E-state index in [0.717, 1.165) is 23.0 Å². The van der Waals surface area contributed by atoms with E-state index in [4.69, 9.17) is 0 Å². The Bertz CT molecular complexity index is 785. The molecule has 122 valence electrons. The monoisotopic (exact) mass is 339 g/mol. The zero-order valence-electron chi connectivity index (χ0n) is 12.8. The highest BCUT2D eigenvalue weighted by Crippen LogP contribution is 2.59. The summed E-state index contributed by atoms with van der Waals surface area (Å²) in [5, 5.41) is 0.757. The summed E-state index contributed by atoms with van der Waals surface area (Å²) in [5.74, 6) is 0. The quantitative estimate of drug-likeness (QED) is 0.715. The molecule has 0 saturated heterocycles. The van der Waals surface area contributed by atoms with Crippen LogP contribution in [0.15, 0.2) is 48.5 Å². The maximum absolute atomic E-state index is 13.7. The Labute approximate surface area is 133 Å². The minimum Gasteiger partial charge on any atom is -0.314 e. The summed E-state index contributed by atoms with van der Waals surface area (Å²) in [4.78, 5) is 0. The van der Waals surface area contributed by atoms with Gasteiger partial charge in [-0.1, -0.05) is 38.1 Å². The number of rotatable bonds is 2. The van der Waals surface area contributed by atoms with Crippen LogP contribution >= 0.6 is 7.29 Å². The van der Waals surface area contributed by atoms with Crippen molar-refractivity contribution in [2.24, 2.45) is 0 Å². The number of hydrogen-bond acceptors (Lipinski definition) is 1. The van der Waals surface area contributed by atoms with Gasteiger partial charge in [0.1, 0.15) is 0 Å². The van der Waals surface area contributed by atoms with E-state index in [0.29, 0.717) is 12.2 Å². The third-order valence-corrected chi connectivity index (χ3v) is 7.80. The van der Waals surface area contributed by atoms with E-state index in [9.17, 15) is 17.7 Å². The largest absolute Gasteiger partial charge is 0.416 e. The van der Waals surface area contributed by atoms with Gasteiger partial charge in [-0.25, -0.2) is 0 Å². The topological polar surface area (TPSA) is 20.3 Å². The minimum atomic E-state index is -4.41. The summed E-state index contributed by atoms with van der Waals surface area (Å²) in [6.45, 7) is 4.07. The van der Waals surface area contributed by atoms with Gasteiger partial charge in [0.2, 0.25) is 7.29 Å². The molecule has 1 aliphatic rings. The SMILES string of the molecule is CC(C)P1(=O)c2ccccc2CN1c1cccc(C(F)(F)F)c1. The first-order chi connectivity index (χ1) is 10.7. The Kier molecular flexibility index (Phi) is 3.80. The number of hydrogen-bond donors (Lipinski definition) is 0. The molecule has 0 bridgehead atoms. The average molecular weight is 339 g/mol. The first-order valence-electron chi connectivity index (χ1n) is 7.38. The van der Waals surface area contributed by atoms with Crippen LogP contribution in [0, 0.1) is 0 Å². The van der Waals surface area contributed by atoms with Crippen LogP contribution in [0.3, 0.4) is 0 Å². The number of benzene rings is 2. The second-order valence-corrected chi connectivity index (χ2v) is 9.19. The second-order valence-electron chi connectivity index (χ2n) is 5.95. The molecule has 2 aromatic rings. The molecule has 0 saturated carbocycles. The van der Waals surface area contributed by atoms with Crippen molar-refractivity contribution >= 4 is 18.3 Å². The van der Waals surface area contributed by atoms with Crippen molar-refractivity contribution in [1.82, 2.24) is 0 Å². The second kappa shape index (κ2) is 5.41. The summed E-state index contributed by atoms with van der Waals surface area (Å²) in [6.07, 6.45) is -4.41. The molecule has 0 N–H and O–H groups in total. The Balaban J connectivity index is 2.13. The van der Waals surface area contributed by atoms with Crippen LogP contribution in [-0.4, -0.2) is 5.66 Å². The van der Waals surface area contributed by atoms with Crippen LogP contribution in [0.25, 0.3) is 0 Å². The van der Waals surface area contributed by atoms with Crippen LogP contribution in [0.2, 0.25) is 0 Å². The lowest BCUT2D eigenvalue weighted by atomic mass is 10.2. The summed E-state index contributed by atoms with van der Waals surface area (Å²) < 4.78 is 54.3. The van der Waals surface area contributed by atoms with E-state index in [1.54, 1.807) is 10.7 Å². The fourth-order valence-corrected chi connectivity index (χ4v) is 6.08. The van der Waals surface area contributed by atoms with Crippen LogP contribution < -0.4 is 9.97 Å². The lowest BCUT2D eigenvalue weighted by Crippen LogP contribution is -2.22. The molecule has 1 heterocycles.